The van der Waals surface area contributed by atoms with Crippen molar-refractivity contribution in [1.82, 2.24) is 0 Å². The number of benzene rings is 4. The van der Waals surface area contributed by atoms with Gasteiger partial charge in [0.1, 0.15) is 4.90 Å². The summed E-state index contributed by atoms with van der Waals surface area (Å²) in [6.45, 7) is 1.89. The number of halogens is 3. The molecule has 0 atom stereocenters. The first-order valence-electron chi connectivity index (χ1n) is 11.1. The molecule has 0 saturated heterocycles. The van der Waals surface area contributed by atoms with Crippen molar-refractivity contribution >= 4 is 73.9 Å². The zero-order valence-electron chi connectivity index (χ0n) is 19.5. The van der Waals surface area contributed by atoms with Gasteiger partial charge in [-0.2, -0.15) is 0 Å². The summed E-state index contributed by atoms with van der Waals surface area (Å²) >= 11 is 20.1. The average molecular weight is 592 g/mol. The van der Waals surface area contributed by atoms with Crippen LogP contribution in [0.4, 0.5) is 11.4 Å². The molecule has 4 aromatic carbocycles. The minimum atomic E-state index is -4.09. The molecule has 37 heavy (non-hydrogen) atoms. The Labute approximate surface area is 235 Å². The van der Waals surface area contributed by atoms with E-state index in [0.717, 1.165) is 9.79 Å². The molecule has 0 aliphatic carbocycles. The first-order chi connectivity index (χ1) is 17.7. The lowest BCUT2D eigenvalue weighted by atomic mass is 10.2. The highest BCUT2D eigenvalue weighted by Crippen LogP contribution is 2.36. The van der Waals surface area contributed by atoms with Gasteiger partial charge >= 0.3 is 0 Å². The second kappa shape index (κ2) is 11.8. The summed E-state index contributed by atoms with van der Waals surface area (Å²) in [5.41, 5.74) is 1.01. The highest BCUT2D eigenvalue weighted by atomic mass is 35.5. The van der Waals surface area contributed by atoms with E-state index < -0.39 is 15.9 Å². The second-order valence-corrected chi connectivity index (χ2v) is 12.0. The Kier molecular flexibility index (Phi) is 8.72. The fourth-order valence-electron chi connectivity index (χ4n) is 3.58. The number of nitrogens with one attached hydrogen (secondary N) is 1. The third-order valence-corrected chi connectivity index (χ3v) is 9.36. The van der Waals surface area contributed by atoms with E-state index in [1.807, 2.05) is 24.3 Å². The molecule has 0 aliphatic rings. The Morgan fingerprint density at radius 3 is 2.19 bits per heavy atom. The van der Waals surface area contributed by atoms with E-state index >= 15 is 0 Å². The van der Waals surface area contributed by atoms with Gasteiger partial charge in [-0.1, -0.05) is 76.9 Å². The number of carbonyl (C=O) groups excluding carboxylic acids is 1. The van der Waals surface area contributed by atoms with Crippen LogP contribution >= 0.6 is 46.6 Å². The van der Waals surface area contributed by atoms with Crippen molar-refractivity contribution in [2.24, 2.45) is 0 Å². The molecule has 4 rings (SSSR count). The molecule has 0 saturated carbocycles. The standard InChI is InChI=1S/C27H21Cl3N2O3S2/c1-2-32(19-8-4-3-5-9-19)37(34,35)26-16-21(22(29)17-23(26)30)27(33)31-24-10-6-7-11-25(24)36-20-14-12-18(28)13-15-20/h3-17H,2H2,1H3,(H,31,33). The zero-order valence-corrected chi connectivity index (χ0v) is 23.4. The molecule has 0 bridgehead atoms. The molecular weight excluding hydrogens is 571 g/mol. The molecule has 1 N–H and O–H groups in total. The molecule has 0 heterocycles. The number of hydrogen-bond acceptors (Lipinski definition) is 4. The van der Waals surface area contributed by atoms with Crippen LogP contribution in [0.5, 0.6) is 0 Å². The van der Waals surface area contributed by atoms with E-state index in [0.29, 0.717) is 16.4 Å². The Bertz CT molecular complexity index is 1530. The van der Waals surface area contributed by atoms with Gasteiger partial charge in [-0.05, 0) is 67.6 Å². The van der Waals surface area contributed by atoms with Crippen molar-refractivity contribution in [2.45, 2.75) is 21.6 Å². The Morgan fingerprint density at radius 2 is 1.51 bits per heavy atom. The number of hydrogen-bond donors (Lipinski definition) is 1. The maximum Gasteiger partial charge on any atom is 0.265 e. The third kappa shape index (κ3) is 6.25. The highest BCUT2D eigenvalue weighted by molar-refractivity contribution is 7.99. The molecule has 0 aromatic heterocycles. The number of rotatable bonds is 8. The first kappa shape index (κ1) is 27.4. The fourth-order valence-corrected chi connectivity index (χ4v) is 6.92. The largest absolute Gasteiger partial charge is 0.321 e. The van der Waals surface area contributed by atoms with E-state index in [4.69, 9.17) is 34.8 Å². The molecule has 0 spiro atoms. The number of anilines is 2. The van der Waals surface area contributed by atoms with E-state index in [9.17, 15) is 13.2 Å². The van der Waals surface area contributed by atoms with Gasteiger partial charge in [0.15, 0.2) is 0 Å². The minimum Gasteiger partial charge on any atom is -0.321 e. The quantitative estimate of drug-likeness (QED) is 0.224. The van der Waals surface area contributed by atoms with Crippen molar-refractivity contribution < 1.29 is 13.2 Å². The molecule has 0 radical (unpaired) electrons. The lowest BCUT2D eigenvalue weighted by Crippen LogP contribution is -2.31. The third-order valence-electron chi connectivity index (χ3n) is 5.34. The zero-order chi connectivity index (χ0) is 26.6. The molecular formula is C27H21Cl3N2O3S2. The monoisotopic (exact) mass is 590 g/mol. The maximum absolute atomic E-state index is 13.6. The number of amides is 1. The lowest BCUT2D eigenvalue weighted by molar-refractivity contribution is 0.102. The van der Waals surface area contributed by atoms with Gasteiger partial charge in [0.25, 0.3) is 15.9 Å². The lowest BCUT2D eigenvalue weighted by Gasteiger charge is -2.24. The Hall–Kier alpha value is -2.68. The predicted octanol–water partition coefficient (Wildman–Crippen LogP) is 8.27. The van der Waals surface area contributed by atoms with Crippen LogP contribution in [0.15, 0.2) is 106 Å². The number of sulfonamides is 1. The average Bonchev–Trinajstić information content (AvgIpc) is 2.87. The molecule has 10 heteroatoms. The van der Waals surface area contributed by atoms with Crippen LogP contribution in [0.3, 0.4) is 0 Å². The van der Waals surface area contributed by atoms with Crippen LogP contribution in [0, 0.1) is 0 Å². The van der Waals surface area contributed by atoms with Crippen molar-refractivity contribution in [3.05, 3.63) is 112 Å². The summed E-state index contributed by atoms with van der Waals surface area (Å²) < 4.78 is 28.4. The van der Waals surface area contributed by atoms with Crippen molar-refractivity contribution in [2.75, 3.05) is 16.2 Å². The molecule has 0 fully saturated rings. The highest BCUT2D eigenvalue weighted by Gasteiger charge is 2.28. The van der Waals surface area contributed by atoms with Gasteiger partial charge in [-0.15, -0.1) is 0 Å². The Balaban J connectivity index is 1.66. The molecule has 0 unspecified atom stereocenters. The minimum absolute atomic E-state index is 0.0138. The summed E-state index contributed by atoms with van der Waals surface area (Å²) in [5.74, 6) is -0.565. The summed E-state index contributed by atoms with van der Waals surface area (Å²) in [5, 5.41) is 3.44. The van der Waals surface area contributed by atoms with Crippen molar-refractivity contribution in [3.63, 3.8) is 0 Å². The van der Waals surface area contributed by atoms with Crippen LogP contribution in [0.25, 0.3) is 0 Å². The maximum atomic E-state index is 13.6. The van der Waals surface area contributed by atoms with Gasteiger partial charge in [-0.25, -0.2) is 8.42 Å². The van der Waals surface area contributed by atoms with E-state index in [2.05, 4.69) is 5.32 Å². The molecule has 1 amide bonds. The SMILES string of the molecule is CCN(c1ccccc1)S(=O)(=O)c1cc(C(=O)Nc2ccccc2Sc2ccc(Cl)cc2)c(Cl)cc1Cl. The molecule has 5 nitrogen and oxygen atoms in total. The van der Waals surface area contributed by atoms with Gasteiger partial charge in [0.05, 0.1) is 27.0 Å². The van der Waals surface area contributed by atoms with E-state index in [1.54, 1.807) is 61.5 Å². The van der Waals surface area contributed by atoms with Crippen LogP contribution in [0.2, 0.25) is 15.1 Å². The van der Waals surface area contributed by atoms with Crippen LogP contribution in [0.1, 0.15) is 17.3 Å². The van der Waals surface area contributed by atoms with E-state index in [1.165, 1.54) is 28.2 Å². The first-order valence-corrected chi connectivity index (χ1v) is 14.5. The number of carbonyl (C=O) groups is 1. The van der Waals surface area contributed by atoms with Gasteiger partial charge in [0, 0.05) is 21.4 Å². The molecule has 4 aromatic rings. The van der Waals surface area contributed by atoms with Crippen LogP contribution < -0.4 is 9.62 Å². The smallest absolute Gasteiger partial charge is 0.265 e. The van der Waals surface area contributed by atoms with Crippen molar-refractivity contribution in [3.8, 4) is 0 Å². The Morgan fingerprint density at radius 1 is 0.865 bits per heavy atom. The summed E-state index contributed by atoms with van der Waals surface area (Å²) in [6, 6.07) is 25.8. The van der Waals surface area contributed by atoms with Gasteiger partial charge in [0.2, 0.25) is 0 Å². The topological polar surface area (TPSA) is 66.5 Å². The van der Waals surface area contributed by atoms with Crippen molar-refractivity contribution in [1.29, 1.82) is 0 Å². The molecule has 0 aliphatic heterocycles. The van der Waals surface area contributed by atoms with Gasteiger partial charge in [-0.3, -0.25) is 9.10 Å². The summed E-state index contributed by atoms with van der Waals surface area (Å²) in [7, 11) is -4.09. The van der Waals surface area contributed by atoms with Crippen LogP contribution in [-0.2, 0) is 10.0 Å². The predicted molar refractivity (Wildman–Crippen MR) is 153 cm³/mol. The normalized spacial score (nSPS) is 11.2. The number of nitrogens with zero attached hydrogens (tertiary/aromatic N) is 1. The van der Waals surface area contributed by atoms with Gasteiger partial charge < -0.3 is 5.32 Å². The summed E-state index contributed by atoms with van der Waals surface area (Å²) in [4.78, 5) is 14.8. The van der Waals surface area contributed by atoms with Crippen LogP contribution in [-0.4, -0.2) is 20.9 Å². The second-order valence-electron chi connectivity index (χ2n) is 7.77. The van der Waals surface area contributed by atoms with E-state index in [-0.39, 0.29) is 27.0 Å². The number of para-hydroxylation sites is 2. The fraction of sp³-hybridized carbons (Fsp3) is 0.0741. The molecule has 190 valence electrons. The summed E-state index contributed by atoms with van der Waals surface area (Å²) in [6.07, 6.45) is 0.